The van der Waals surface area contributed by atoms with Crippen LogP contribution in [0.1, 0.15) is 26.3 Å². The smallest absolute Gasteiger partial charge is 0.378 e. The van der Waals surface area contributed by atoms with Gasteiger partial charge in [-0.2, -0.15) is 13.2 Å². The van der Waals surface area contributed by atoms with Crippen LogP contribution < -0.4 is 5.32 Å². The number of rotatable bonds is 3. The highest BCUT2D eigenvalue weighted by Crippen LogP contribution is 2.34. The minimum Gasteiger partial charge on any atom is -0.378 e. The minimum absolute atomic E-state index is 0.103. The van der Waals surface area contributed by atoms with Crippen molar-refractivity contribution in [1.29, 1.82) is 0 Å². The molecule has 142 valence electrons. The molecule has 1 heterocycles. The molecule has 0 bridgehead atoms. The molecule has 8 heteroatoms. The summed E-state index contributed by atoms with van der Waals surface area (Å²) in [5, 5.41) is 2.28. The standard InChI is InChI=1S/C19H17F3N2O3/c20-19(21,22)15-6-1-2-7-16(15)23-17(25)13-4-3-5-14(12-13)18(26)24-8-10-27-11-9-24/h1-7,12H,8-11H2,(H,23,25). The van der Waals surface area contributed by atoms with E-state index in [1.165, 1.54) is 36.4 Å². The molecular formula is C19H17F3N2O3. The third kappa shape index (κ3) is 4.46. The first-order chi connectivity index (χ1) is 12.9. The summed E-state index contributed by atoms with van der Waals surface area (Å²) in [5.41, 5.74) is -0.862. The number of ether oxygens (including phenoxy) is 1. The highest BCUT2D eigenvalue weighted by atomic mass is 19.4. The van der Waals surface area contributed by atoms with Crippen LogP contribution in [0.25, 0.3) is 0 Å². The van der Waals surface area contributed by atoms with Gasteiger partial charge >= 0.3 is 6.18 Å². The zero-order chi connectivity index (χ0) is 19.4. The first-order valence-corrected chi connectivity index (χ1v) is 8.31. The van der Waals surface area contributed by atoms with E-state index in [1.807, 2.05) is 0 Å². The van der Waals surface area contributed by atoms with Crippen molar-refractivity contribution in [3.8, 4) is 0 Å². The van der Waals surface area contributed by atoms with Crippen LogP contribution in [0.4, 0.5) is 18.9 Å². The van der Waals surface area contributed by atoms with Crippen LogP contribution in [0, 0.1) is 0 Å². The van der Waals surface area contributed by atoms with Gasteiger partial charge in [-0.05, 0) is 30.3 Å². The van der Waals surface area contributed by atoms with Gasteiger partial charge in [-0.15, -0.1) is 0 Å². The molecule has 0 atom stereocenters. The summed E-state index contributed by atoms with van der Waals surface area (Å²) >= 11 is 0. The first kappa shape index (κ1) is 18.9. The van der Waals surface area contributed by atoms with Crippen LogP contribution in [-0.4, -0.2) is 43.0 Å². The van der Waals surface area contributed by atoms with E-state index in [2.05, 4.69) is 5.32 Å². The van der Waals surface area contributed by atoms with Crippen molar-refractivity contribution in [2.75, 3.05) is 31.6 Å². The average Bonchev–Trinajstić information content (AvgIpc) is 2.68. The van der Waals surface area contributed by atoms with E-state index >= 15 is 0 Å². The Morgan fingerprint density at radius 1 is 0.963 bits per heavy atom. The van der Waals surface area contributed by atoms with Crippen LogP contribution in [0.2, 0.25) is 0 Å². The predicted molar refractivity (Wildman–Crippen MR) is 92.6 cm³/mol. The van der Waals surface area contributed by atoms with Gasteiger partial charge in [-0.3, -0.25) is 9.59 Å². The van der Waals surface area contributed by atoms with Gasteiger partial charge in [0, 0.05) is 24.2 Å². The van der Waals surface area contributed by atoms with E-state index in [1.54, 1.807) is 11.0 Å². The first-order valence-electron chi connectivity index (χ1n) is 8.31. The van der Waals surface area contributed by atoms with Crippen molar-refractivity contribution >= 4 is 17.5 Å². The number of nitrogens with one attached hydrogen (secondary N) is 1. The zero-order valence-corrected chi connectivity index (χ0v) is 14.3. The molecule has 2 aromatic rings. The largest absolute Gasteiger partial charge is 0.418 e. The SMILES string of the molecule is O=C(Nc1ccccc1C(F)(F)F)c1cccc(C(=O)N2CCOCC2)c1. The van der Waals surface area contributed by atoms with Crippen molar-refractivity contribution in [2.24, 2.45) is 0 Å². The molecule has 1 fully saturated rings. The molecule has 2 amide bonds. The fourth-order valence-electron chi connectivity index (χ4n) is 2.78. The number of hydrogen-bond acceptors (Lipinski definition) is 3. The van der Waals surface area contributed by atoms with Crippen LogP contribution in [-0.2, 0) is 10.9 Å². The van der Waals surface area contributed by atoms with Gasteiger partial charge in [0.05, 0.1) is 24.5 Å². The van der Waals surface area contributed by atoms with E-state index in [4.69, 9.17) is 4.74 Å². The number of alkyl halides is 3. The van der Waals surface area contributed by atoms with E-state index < -0.39 is 17.6 Å². The molecule has 0 radical (unpaired) electrons. The number of carbonyl (C=O) groups is 2. The Hall–Kier alpha value is -2.87. The number of benzene rings is 2. The minimum atomic E-state index is -4.59. The Labute approximate surface area is 153 Å². The lowest BCUT2D eigenvalue weighted by atomic mass is 10.1. The maximum atomic E-state index is 13.1. The molecule has 0 saturated carbocycles. The Kier molecular flexibility index (Phi) is 5.46. The van der Waals surface area contributed by atoms with Crippen LogP contribution in [0.15, 0.2) is 48.5 Å². The van der Waals surface area contributed by atoms with E-state index in [9.17, 15) is 22.8 Å². The fourth-order valence-corrected chi connectivity index (χ4v) is 2.78. The summed E-state index contributed by atoms with van der Waals surface area (Å²) in [6, 6.07) is 10.7. The number of anilines is 1. The summed E-state index contributed by atoms with van der Waals surface area (Å²) in [5.74, 6) is -0.966. The molecule has 1 aliphatic rings. The average molecular weight is 378 g/mol. The highest BCUT2D eigenvalue weighted by molar-refractivity contribution is 6.06. The van der Waals surface area contributed by atoms with Crippen molar-refractivity contribution in [3.05, 3.63) is 65.2 Å². The van der Waals surface area contributed by atoms with Crippen LogP contribution in [0.5, 0.6) is 0 Å². The second-order valence-corrected chi connectivity index (χ2v) is 5.98. The van der Waals surface area contributed by atoms with Gasteiger partial charge in [0.1, 0.15) is 0 Å². The van der Waals surface area contributed by atoms with Crippen molar-refractivity contribution < 1.29 is 27.5 Å². The molecule has 1 saturated heterocycles. The van der Waals surface area contributed by atoms with Gasteiger partial charge in [0.15, 0.2) is 0 Å². The third-order valence-corrected chi connectivity index (χ3v) is 4.15. The van der Waals surface area contributed by atoms with Crippen molar-refractivity contribution in [2.45, 2.75) is 6.18 Å². The molecule has 1 aliphatic heterocycles. The molecule has 0 spiro atoms. The van der Waals surface area contributed by atoms with Gasteiger partial charge < -0.3 is 15.0 Å². The number of morpholine rings is 1. The van der Waals surface area contributed by atoms with Crippen molar-refractivity contribution in [3.63, 3.8) is 0 Å². The van der Waals surface area contributed by atoms with Gasteiger partial charge in [-0.25, -0.2) is 0 Å². The van der Waals surface area contributed by atoms with E-state index in [0.717, 1.165) is 6.07 Å². The maximum Gasteiger partial charge on any atom is 0.418 e. The topological polar surface area (TPSA) is 58.6 Å². The molecule has 3 rings (SSSR count). The second-order valence-electron chi connectivity index (χ2n) is 5.98. The zero-order valence-electron chi connectivity index (χ0n) is 14.3. The fraction of sp³-hybridized carbons (Fsp3) is 0.263. The Morgan fingerprint density at radius 3 is 2.33 bits per heavy atom. The molecule has 1 N–H and O–H groups in total. The molecule has 0 unspecified atom stereocenters. The predicted octanol–water partition coefficient (Wildman–Crippen LogP) is 3.43. The molecular weight excluding hydrogens is 361 g/mol. The van der Waals surface area contributed by atoms with Gasteiger partial charge in [-0.1, -0.05) is 18.2 Å². The van der Waals surface area contributed by atoms with Gasteiger partial charge in [0.25, 0.3) is 11.8 Å². The van der Waals surface area contributed by atoms with Crippen LogP contribution in [0.3, 0.4) is 0 Å². The molecule has 0 aliphatic carbocycles. The highest BCUT2D eigenvalue weighted by Gasteiger charge is 2.33. The Bertz CT molecular complexity index is 846. The van der Waals surface area contributed by atoms with E-state index in [-0.39, 0.29) is 17.2 Å². The van der Waals surface area contributed by atoms with Crippen LogP contribution >= 0.6 is 0 Å². The number of carbonyl (C=O) groups excluding carboxylic acids is 2. The summed E-state index contributed by atoms with van der Waals surface area (Å²) in [4.78, 5) is 26.5. The van der Waals surface area contributed by atoms with Gasteiger partial charge in [0.2, 0.25) is 0 Å². The Morgan fingerprint density at radius 2 is 1.63 bits per heavy atom. The number of para-hydroxylation sites is 1. The summed E-state index contributed by atoms with van der Waals surface area (Å²) in [6.07, 6.45) is -4.59. The molecule has 0 aromatic heterocycles. The second kappa shape index (κ2) is 7.79. The number of nitrogens with zero attached hydrogens (tertiary/aromatic N) is 1. The van der Waals surface area contributed by atoms with Crippen molar-refractivity contribution in [1.82, 2.24) is 4.90 Å². The molecule has 27 heavy (non-hydrogen) atoms. The Balaban J connectivity index is 1.79. The van der Waals surface area contributed by atoms with E-state index in [0.29, 0.717) is 31.9 Å². The lowest BCUT2D eigenvalue weighted by Gasteiger charge is -2.27. The monoisotopic (exact) mass is 378 g/mol. The lowest BCUT2D eigenvalue weighted by Crippen LogP contribution is -2.40. The summed E-state index contributed by atoms with van der Waals surface area (Å²) < 4.78 is 44.4. The third-order valence-electron chi connectivity index (χ3n) is 4.15. The number of halogens is 3. The normalized spacial score (nSPS) is 14.7. The molecule has 5 nitrogen and oxygen atoms in total. The lowest BCUT2D eigenvalue weighted by molar-refractivity contribution is -0.136. The maximum absolute atomic E-state index is 13.1. The summed E-state index contributed by atoms with van der Waals surface area (Å²) in [6.45, 7) is 1.79. The number of hydrogen-bond donors (Lipinski definition) is 1. The number of amides is 2. The summed E-state index contributed by atoms with van der Waals surface area (Å²) in [7, 11) is 0. The molecule has 2 aromatic carbocycles. The quantitative estimate of drug-likeness (QED) is 0.890.